The Labute approximate surface area is 135 Å². The standard InChI is InChI=1S/C17H20N4O2/c1-17(2,3)21-16(23)14-9-6-8-13(20-14)15(22)19-11-12-7-4-5-10-18-12/h4-10H,11H2,1-3H3,(H,19,22)(H,21,23). The highest BCUT2D eigenvalue weighted by Gasteiger charge is 2.17. The van der Waals surface area contributed by atoms with Crippen molar-refractivity contribution in [2.45, 2.75) is 32.9 Å². The van der Waals surface area contributed by atoms with E-state index < -0.39 is 0 Å². The molecule has 2 heterocycles. The summed E-state index contributed by atoms with van der Waals surface area (Å²) in [4.78, 5) is 32.5. The fourth-order valence-electron chi connectivity index (χ4n) is 1.86. The SMILES string of the molecule is CC(C)(C)NC(=O)c1cccc(C(=O)NCc2ccccn2)n1. The number of hydrogen-bond donors (Lipinski definition) is 2. The minimum Gasteiger partial charge on any atom is -0.346 e. The number of hydrogen-bond acceptors (Lipinski definition) is 4. The van der Waals surface area contributed by atoms with Gasteiger partial charge in [-0.3, -0.25) is 14.6 Å². The topological polar surface area (TPSA) is 84.0 Å². The summed E-state index contributed by atoms with van der Waals surface area (Å²) in [5.41, 5.74) is 0.797. The summed E-state index contributed by atoms with van der Waals surface area (Å²) in [5.74, 6) is -0.655. The van der Waals surface area contributed by atoms with E-state index in [0.717, 1.165) is 5.69 Å². The van der Waals surface area contributed by atoms with Crippen LogP contribution in [0.15, 0.2) is 42.6 Å². The molecule has 0 aliphatic heterocycles. The summed E-state index contributed by atoms with van der Waals surface area (Å²) in [6.45, 7) is 5.96. The fraction of sp³-hybridized carbons (Fsp3) is 0.294. The zero-order valence-corrected chi connectivity index (χ0v) is 13.5. The minimum absolute atomic E-state index is 0.197. The first-order valence-corrected chi connectivity index (χ1v) is 7.33. The van der Waals surface area contributed by atoms with Crippen molar-refractivity contribution in [2.75, 3.05) is 0 Å². The molecule has 2 aromatic heterocycles. The summed E-state index contributed by atoms with van der Waals surface area (Å²) in [7, 11) is 0. The second-order valence-electron chi connectivity index (χ2n) is 6.12. The van der Waals surface area contributed by atoms with Crippen molar-refractivity contribution in [1.29, 1.82) is 0 Å². The lowest BCUT2D eigenvalue weighted by Crippen LogP contribution is -2.41. The van der Waals surface area contributed by atoms with E-state index in [1.165, 1.54) is 0 Å². The van der Waals surface area contributed by atoms with Crippen molar-refractivity contribution in [2.24, 2.45) is 0 Å². The number of nitrogens with one attached hydrogen (secondary N) is 2. The number of nitrogens with zero attached hydrogens (tertiary/aromatic N) is 2. The molecule has 6 nitrogen and oxygen atoms in total. The van der Waals surface area contributed by atoms with E-state index >= 15 is 0 Å². The third-order valence-electron chi connectivity index (χ3n) is 2.86. The van der Waals surface area contributed by atoms with Crippen LogP contribution in [0.3, 0.4) is 0 Å². The summed E-state index contributed by atoms with van der Waals surface area (Å²) in [6, 6.07) is 10.3. The first-order chi connectivity index (χ1) is 10.8. The molecule has 0 aliphatic carbocycles. The van der Waals surface area contributed by atoms with Crippen LogP contribution in [0.5, 0.6) is 0 Å². The van der Waals surface area contributed by atoms with Crippen LogP contribution in [-0.4, -0.2) is 27.3 Å². The Bertz CT molecular complexity index is 693. The van der Waals surface area contributed by atoms with Crippen molar-refractivity contribution in [3.63, 3.8) is 0 Å². The lowest BCUT2D eigenvalue weighted by molar-refractivity contribution is 0.0914. The molecule has 0 fully saturated rings. The van der Waals surface area contributed by atoms with E-state index in [1.54, 1.807) is 24.4 Å². The molecule has 0 spiro atoms. The first-order valence-electron chi connectivity index (χ1n) is 7.33. The van der Waals surface area contributed by atoms with Gasteiger partial charge in [-0.05, 0) is 45.0 Å². The van der Waals surface area contributed by atoms with Crippen LogP contribution in [0.1, 0.15) is 47.4 Å². The Morgan fingerprint density at radius 3 is 2.30 bits per heavy atom. The minimum atomic E-state index is -0.365. The zero-order valence-electron chi connectivity index (χ0n) is 13.5. The second-order valence-corrected chi connectivity index (χ2v) is 6.12. The molecule has 23 heavy (non-hydrogen) atoms. The molecule has 0 aromatic carbocycles. The molecule has 0 radical (unpaired) electrons. The van der Waals surface area contributed by atoms with Gasteiger partial charge in [0.05, 0.1) is 12.2 Å². The van der Waals surface area contributed by atoms with Crippen molar-refractivity contribution in [3.05, 3.63) is 59.7 Å². The van der Waals surface area contributed by atoms with Crippen molar-refractivity contribution < 1.29 is 9.59 Å². The van der Waals surface area contributed by atoms with Crippen LogP contribution in [0, 0.1) is 0 Å². The first kappa shape index (κ1) is 16.6. The van der Waals surface area contributed by atoms with Gasteiger partial charge >= 0.3 is 0 Å². The predicted octanol–water partition coefficient (Wildman–Crippen LogP) is 1.93. The van der Waals surface area contributed by atoms with E-state index in [2.05, 4.69) is 20.6 Å². The molecule has 2 rings (SSSR count). The largest absolute Gasteiger partial charge is 0.346 e. The van der Waals surface area contributed by atoms with Crippen LogP contribution in [0.25, 0.3) is 0 Å². The van der Waals surface area contributed by atoms with Gasteiger partial charge in [0.25, 0.3) is 11.8 Å². The van der Waals surface area contributed by atoms with E-state index in [-0.39, 0.29) is 28.7 Å². The zero-order chi connectivity index (χ0) is 16.9. The van der Waals surface area contributed by atoms with Gasteiger partial charge in [0, 0.05) is 11.7 Å². The van der Waals surface area contributed by atoms with Crippen molar-refractivity contribution in [3.8, 4) is 0 Å². The number of carbonyl (C=O) groups is 2. The summed E-state index contributed by atoms with van der Waals surface area (Å²) in [6.07, 6.45) is 1.66. The van der Waals surface area contributed by atoms with E-state index in [9.17, 15) is 9.59 Å². The molecular formula is C17H20N4O2. The Hall–Kier alpha value is -2.76. The lowest BCUT2D eigenvalue weighted by Gasteiger charge is -2.20. The van der Waals surface area contributed by atoms with Crippen molar-refractivity contribution in [1.82, 2.24) is 20.6 Å². The second kappa shape index (κ2) is 7.00. The average molecular weight is 312 g/mol. The molecule has 0 saturated heterocycles. The third kappa shape index (κ3) is 5.18. The summed E-state index contributed by atoms with van der Waals surface area (Å²) < 4.78 is 0. The van der Waals surface area contributed by atoms with Crippen LogP contribution in [0.2, 0.25) is 0 Å². The maximum Gasteiger partial charge on any atom is 0.270 e. The van der Waals surface area contributed by atoms with Crippen molar-refractivity contribution >= 4 is 11.8 Å². The van der Waals surface area contributed by atoms with Crippen LogP contribution in [-0.2, 0) is 6.54 Å². The number of carbonyl (C=O) groups excluding carboxylic acids is 2. The molecule has 0 unspecified atom stereocenters. The highest BCUT2D eigenvalue weighted by Crippen LogP contribution is 2.05. The number of pyridine rings is 2. The fourth-order valence-corrected chi connectivity index (χ4v) is 1.86. The summed E-state index contributed by atoms with van der Waals surface area (Å²) >= 11 is 0. The normalized spacial score (nSPS) is 10.9. The quantitative estimate of drug-likeness (QED) is 0.903. The molecule has 2 amide bonds. The van der Waals surface area contributed by atoms with Gasteiger partial charge < -0.3 is 10.6 Å². The number of aromatic nitrogens is 2. The Morgan fingerprint density at radius 2 is 1.70 bits per heavy atom. The van der Waals surface area contributed by atoms with Gasteiger partial charge in [0.1, 0.15) is 11.4 Å². The molecule has 0 bridgehead atoms. The van der Waals surface area contributed by atoms with Crippen LogP contribution < -0.4 is 10.6 Å². The summed E-state index contributed by atoms with van der Waals surface area (Å²) in [5, 5.41) is 5.55. The van der Waals surface area contributed by atoms with E-state index in [0.29, 0.717) is 6.54 Å². The predicted molar refractivity (Wildman–Crippen MR) is 86.9 cm³/mol. The van der Waals surface area contributed by atoms with Gasteiger partial charge in [-0.2, -0.15) is 0 Å². The molecule has 2 aromatic rings. The lowest BCUT2D eigenvalue weighted by atomic mass is 10.1. The number of amides is 2. The maximum atomic E-state index is 12.1. The van der Waals surface area contributed by atoms with Gasteiger partial charge in [-0.15, -0.1) is 0 Å². The van der Waals surface area contributed by atoms with E-state index in [1.807, 2.05) is 39.0 Å². The molecule has 0 atom stereocenters. The molecular weight excluding hydrogens is 292 g/mol. The molecule has 2 N–H and O–H groups in total. The van der Waals surface area contributed by atoms with Gasteiger partial charge in [-0.1, -0.05) is 12.1 Å². The smallest absolute Gasteiger partial charge is 0.270 e. The highest BCUT2D eigenvalue weighted by molar-refractivity contribution is 5.96. The third-order valence-corrected chi connectivity index (χ3v) is 2.86. The van der Waals surface area contributed by atoms with E-state index in [4.69, 9.17) is 0 Å². The molecule has 6 heteroatoms. The maximum absolute atomic E-state index is 12.1. The average Bonchev–Trinajstić information content (AvgIpc) is 2.52. The number of rotatable bonds is 4. The highest BCUT2D eigenvalue weighted by atomic mass is 16.2. The van der Waals surface area contributed by atoms with Gasteiger partial charge in [-0.25, -0.2) is 4.98 Å². The Kier molecular flexibility index (Phi) is 5.05. The van der Waals surface area contributed by atoms with Crippen LogP contribution in [0.4, 0.5) is 0 Å². The van der Waals surface area contributed by atoms with Gasteiger partial charge in [0.2, 0.25) is 0 Å². The van der Waals surface area contributed by atoms with Crippen LogP contribution >= 0.6 is 0 Å². The molecule has 0 aliphatic rings. The Morgan fingerprint density at radius 1 is 1.00 bits per heavy atom. The molecule has 0 saturated carbocycles. The molecule has 120 valence electrons. The Balaban J connectivity index is 2.04. The monoisotopic (exact) mass is 312 g/mol. The van der Waals surface area contributed by atoms with Gasteiger partial charge in [0.15, 0.2) is 0 Å².